The normalized spacial score (nSPS) is 15.5. The molecule has 4 rings (SSSR count). The van der Waals surface area contributed by atoms with Crippen LogP contribution in [0.2, 0.25) is 0 Å². The standard InChI is InChI=1S/C21H26N2O2S2/c1-21(2,11-22-19(24)17-9-13-5-3-7-15(13)26-17)12-23-20(25)18-10-14-6-4-8-16(14)27-18/h9-10H,3-8,11-12H2,1-2H3,(H,22,24)(H,23,25). The summed E-state index contributed by atoms with van der Waals surface area (Å²) >= 11 is 3.25. The Morgan fingerprint density at radius 1 is 0.852 bits per heavy atom. The molecule has 2 amide bonds. The number of hydrogen-bond acceptors (Lipinski definition) is 4. The highest BCUT2D eigenvalue weighted by molar-refractivity contribution is 7.14. The van der Waals surface area contributed by atoms with E-state index < -0.39 is 0 Å². The van der Waals surface area contributed by atoms with Gasteiger partial charge in [0.1, 0.15) is 0 Å². The number of fused-ring (bicyclic) bond motifs is 2. The third-order valence-corrected chi connectivity index (χ3v) is 7.87. The molecule has 144 valence electrons. The molecule has 6 heteroatoms. The molecular weight excluding hydrogens is 376 g/mol. The van der Waals surface area contributed by atoms with Gasteiger partial charge >= 0.3 is 0 Å². The smallest absolute Gasteiger partial charge is 0.261 e. The van der Waals surface area contributed by atoms with Crippen LogP contribution in [0.3, 0.4) is 0 Å². The average molecular weight is 403 g/mol. The van der Waals surface area contributed by atoms with Gasteiger partial charge in [-0.15, -0.1) is 22.7 Å². The van der Waals surface area contributed by atoms with Crippen molar-refractivity contribution in [2.45, 2.75) is 52.4 Å². The van der Waals surface area contributed by atoms with Gasteiger partial charge in [-0.25, -0.2) is 0 Å². The number of rotatable bonds is 6. The minimum atomic E-state index is -0.203. The monoisotopic (exact) mass is 402 g/mol. The van der Waals surface area contributed by atoms with Crippen molar-refractivity contribution in [3.63, 3.8) is 0 Å². The second-order valence-electron chi connectivity index (χ2n) is 8.35. The van der Waals surface area contributed by atoms with E-state index in [2.05, 4.69) is 24.5 Å². The fourth-order valence-electron chi connectivity index (χ4n) is 3.76. The second kappa shape index (κ2) is 7.40. The first-order valence-electron chi connectivity index (χ1n) is 9.71. The van der Waals surface area contributed by atoms with E-state index in [-0.39, 0.29) is 17.2 Å². The van der Waals surface area contributed by atoms with Crippen molar-refractivity contribution in [3.05, 3.63) is 42.8 Å². The Balaban J connectivity index is 1.27. The van der Waals surface area contributed by atoms with Gasteiger partial charge in [0, 0.05) is 22.8 Å². The summed E-state index contributed by atoms with van der Waals surface area (Å²) in [4.78, 5) is 29.3. The van der Waals surface area contributed by atoms with Crippen molar-refractivity contribution < 1.29 is 9.59 Å². The Kier molecular flexibility index (Phi) is 5.12. The molecule has 2 N–H and O–H groups in total. The molecule has 0 aromatic carbocycles. The van der Waals surface area contributed by atoms with Crippen molar-refractivity contribution in [3.8, 4) is 0 Å². The highest BCUT2D eigenvalue weighted by Gasteiger charge is 2.24. The molecule has 0 fully saturated rings. The maximum atomic E-state index is 12.4. The van der Waals surface area contributed by atoms with Crippen LogP contribution in [0.15, 0.2) is 12.1 Å². The molecule has 0 saturated heterocycles. The lowest BCUT2D eigenvalue weighted by Gasteiger charge is -2.25. The topological polar surface area (TPSA) is 58.2 Å². The molecule has 2 aliphatic rings. The number of thiophene rings is 2. The molecule has 0 saturated carbocycles. The van der Waals surface area contributed by atoms with Crippen LogP contribution in [0, 0.1) is 5.41 Å². The van der Waals surface area contributed by atoms with Gasteiger partial charge in [-0.1, -0.05) is 13.8 Å². The predicted octanol–water partition coefficient (Wildman–Crippen LogP) is 3.97. The van der Waals surface area contributed by atoms with Gasteiger partial charge in [0.05, 0.1) is 9.75 Å². The number of aryl methyl sites for hydroxylation is 4. The Morgan fingerprint density at radius 2 is 1.30 bits per heavy atom. The van der Waals surface area contributed by atoms with Gasteiger partial charge in [-0.2, -0.15) is 0 Å². The number of carbonyl (C=O) groups is 2. The lowest BCUT2D eigenvalue weighted by molar-refractivity contribution is 0.0924. The first-order chi connectivity index (χ1) is 12.9. The molecule has 2 aromatic heterocycles. The van der Waals surface area contributed by atoms with Crippen LogP contribution in [0.4, 0.5) is 0 Å². The van der Waals surface area contributed by atoms with Crippen molar-refractivity contribution in [1.82, 2.24) is 10.6 Å². The van der Waals surface area contributed by atoms with Crippen LogP contribution >= 0.6 is 22.7 Å². The molecule has 2 heterocycles. The van der Waals surface area contributed by atoms with Gasteiger partial charge in [-0.3, -0.25) is 9.59 Å². The van der Waals surface area contributed by atoms with Crippen molar-refractivity contribution in [1.29, 1.82) is 0 Å². The zero-order valence-corrected chi connectivity index (χ0v) is 17.6. The molecular formula is C21H26N2O2S2. The van der Waals surface area contributed by atoms with E-state index in [1.54, 1.807) is 22.7 Å². The van der Waals surface area contributed by atoms with E-state index in [0.717, 1.165) is 35.4 Å². The summed E-state index contributed by atoms with van der Waals surface area (Å²) in [6, 6.07) is 4.10. The number of amides is 2. The third-order valence-electron chi connectivity index (χ3n) is 5.40. The van der Waals surface area contributed by atoms with Crippen LogP contribution < -0.4 is 10.6 Å². The summed E-state index contributed by atoms with van der Waals surface area (Å²) in [5.41, 5.74) is 2.49. The quantitative estimate of drug-likeness (QED) is 0.768. The van der Waals surface area contributed by atoms with Crippen LogP contribution in [-0.2, 0) is 25.7 Å². The Morgan fingerprint density at radius 3 is 1.70 bits per heavy atom. The highest BCUT2D eigenvalue weighted by atomic mass is 32.1. The molecule has 0 aliphatic heterocycles. The Labute approximate surface area is 168 Å². The second-order valence-corrected chi connectivity index (χ2v) is 10.6. The maximum Gasteiger partial charge on any atom is 0.261 e. The largest absolute Gasteiger partial charge is 0.351 e. The predicted molar refractivity (Wildman–Crippen MR) is 111 cm³/mol. The van der Waals surface area contributed by atoms with Gasteiger partial charge in [0.15, 0.2) is 0 Å². The third kappa shape index (κ3) is 4.11. The molecule has 0 atom stereocenters. The zero-order valence-electron chi connectivity index (χ0n) is 15.9. The zero-order chi connectivity index (χ0) is 19.0. The minimum Gasteiger partial charge on any atom is -0.351 e. The molecule has 27 heavy (non-hydrogen) atoms. The Hall–Kier alpha value is -1.66. The minimum absolute atomic E-state index is 0.00323. The summed E-state index contributed by atoms with van der Waals surface area (Å²) in [7, 11) is 0. The van der Waals surface area contributed by atoms with Gasteiger partial charge in [-0.05, 0) is 67.2 Å². The SMILES string of the molecule is CC(C)(CNC(=O)c1cc2c(s1)CCC2)CNC(=O)c1cc2c(s1)CCC2. The fraction of sp³-hybridized carbons (Fsp3) is 0.524. The number of hydrogen-bond donors (Lipinski definition) is 2. The molecule has 0 bridgehead atoms. The summed E-state index contributed by atoms with van der Waals surface area (Å²) < 4.78 is 0. The van der Waals surface area contributed by atoms with Gasteiger partial charge in [0.2, 0.25) is 0 Å². The highest BCUT2D eigenvalue weighted by Crippen LogP contribution is 2.31. The van der Waals surface area contributed by atoms with Crippen LogP contribution in [0.25, 0.3) is 0 Å². The summed E-state index contributed by atoms with van der Waals surface area (Å²) in [5, 5.41) is 6.09. The molecule has 2 aliphatic carbocycles. The number of carbonyl (C=O) groups excluding carboxylic acids is 2. The van der Waals surface area contributed by atoms with Gasteiger partial charge in [0.25, 0.3) is 11.8 Å². The fourth-order valence-corrected chi connectivity index (χ4v) is 6.10. The van der Waals surface area contributed by atoms with Crippen molar-refractivity contribution >= 4 is 34.5 Å². The Bertz CT molecular complexity index is 766. The van der Waals surface area contributed by atoms with E-state index in [1.165, 1.54) is 33.7 Å². The van der Waals surface area contributed by atoms with Crippen molar-refractivity contribution in [2.24, 2.45) is 5.41 Å². The first-order valence-corrected chi connectivity index (χ1v) is 11.3. The molecule has 0 spiro atoms. The summed E-state index contributed by atoms with van der Waals surface area (Å²) in [6.07, 6.45) is 6.84. The summed E-state index contributed by atoms with van der Waals surface area (Å²) in [5.74, 6) is 0.00645. The van der Waals surface area contributed by atoms with Crippen LogP contribution in [-0.4, -0.2) is 24.9 Å². The first kappa shape index (κ1) is 18.7. The summed E-state index contributed by atoms with van der Waals surface area (Å²) in [6.45, 7) is 5.21. The van der Waals surface area contributed by atoms with Gasteiger partial charge < -0.3 is 10.6 Å². The lowest BCUT2D eigenvalue weighted by Crippen LogP contribution is -2.41. The van der Waals surface area contributed by atoms with Crippen LogP contribution in [0.1, 0.15) is 66.9 Å². The molecule has 2 aromatic rings. The molecule has 0 unspecified atom stereocenters. The van der Waals surface area contributed by atoms with E-state index >= 15 is 0 Å². The maximum absolute atomic E-state index is 12.4. The van der Waals surface area contributed by atoms with Crippen molar-refractivity contribution in [2.75, 3.05) is 13.1 Å². The van der Waals surface area contributed by atoms with E-state index in [9.17, 15) is 9.59 Å². The number of nitrogens with one attached hydrogen (secondary N) is 2. The van der Waals surface area contributed by atoms with E-state index in [4.69, 9.17) is 0 Å². The molecule has 4 nitrogen and oxygen atoms in total. The van der Waals surface area contributed by atoms with Crippen LogP contribution in [0.5, 0.6) is 0 Å². The molecule has 0 radical (unpaired) electrons. The van der Waals surface area contributed by atoms with E-state index in [0.29, 0.717) is 13.1 Å². The van der Waals surface area contributed by atoms with E-state index in [1.807, 2.05) is 12.1 Å². The average Bonchev–Trinajstić information content (AvgIpc) is 3.36. The lowest BCUT2D eigenvalue weighted by atomic mass is 9.93.